The van der Waals surface area contributed by atoms with Crippen molar-refractivity contribution < 1.29 is 14.6 Å². The van der Waals surface area contributed by atoms with Crippen LogP contribution in [0.4, 0.5) is 0 Å². The van der Waals surface area contributed by atoms with Crippen molar-refractivity contribution in [2.45, 2.75) is 6.04 Å². The summed E-state index contributed by atoms with van der Waals surface area (Å²) in [5.41, 5.74) is 5.94. The van der Waals surface area contributed by atoms with E-state index in [9.17, 15) is 9.90 Å². The van der Waals surface area contributed by atoms with Crippen molar-refractivity contribution in [2.75, 3.05) is 7.11 Å². The summed E-state index contributed by atoms with van der Waals surface area (Å²) in [6, 6.07) is 2.32. The first-order chi connectivity index (χ1) is 6.99. The molecular weight excluding hydrogens is 330 g/mol. The number of phenolic OH excluding ortho intramolecular Hbond substituents is 1. The average Bonchev–Trinajstić information content (AvgIpc) is 2.22. The predicted octanol–water partition coefficient (Wildman–Crippen LogP) is 2.09. The van der Waals surface area contributed by atoms with Crippen LogP contribution >= 0.6 is 31.9 Å². The molecule has 4 nitrogen and oxygen atoms in total. The van der Waals surface area contributed by atoms with Gasteiger partial charge in [0.1, 0.15) is 11.8 Å². The van der Waals surface area contributed by atoms with Gasteiger partial charge in [-0.05, 0) is 28.1 Å². The van der Waals surface area contributed by atoms with Crippen LogP contribution in [0.25, 0.3) is 0 Å². The van der Waals surface area contributed by atoms with E-state index in [1.807, 2.05) is 0 Å². The minimum atomic E-state index is -1.01. The lowest BCUT2D eigenvalue weighted by molar-refractivity contribution is -0.142. The minimum absolute atomic E-state index is 0.0673. The molecule has 0 radical (unpaired) electrons. The maximum absolute atomic E-state index is 11.2. The fraction of sp³-hybridized carbons (Fsp3) is 0.222. The number of hydrogen-bond donors (Lipinski definition) is 2. The molecule has 0 amide bonds. The van der Waals surface area contributed by atoms with Gasteiger partial charge in [0.15, 0.2) is 0 Å². The highest BCUT2D eigenvalue weighted by Crippen LogP contribution is 2.36. The Morgan fingerprint density at radius 2 is 2.00 bits per heavy atom. The number of hydrogen-bond acceptors (Lipinski definition) is 4. The van der Waals surface area contributed by atoms with Gasteiger partial charge < -0.3 is 15.6 Å². The molecule has 0 aromatic heterocycles. The zero-order valence-corrected chi connectivity index (χ0v) is 11.0. The molecule has 0 bridgehead atoms. The van der Waals surface area contributed by atoms with Gasteiger partial charge in [0.2, 0.25) is 0 Å². The molecule has 0 saturated carbocycles. The van der Waals surface area contributed by atoms with E-state index in [0.29, 0.717) is 14.5 Å². The molecule has 1 atom stereocenters. The van der Waals surface area contributed by atoms with Crippen molar-refractivity contribution in [2.24, 2.45) is 5.73 Å². The molecule has 0 spiro atoms. The lowest BCUT2D eigenvalue weighted by Gasteiger charge is -2.14. The van der Waals surface area contributed by atoms with Crippen LogP contribution in [-0.2, 0) is 9.53 Å². The van der Waals surface area contributed by atoms with Crippen molar-refractivity contribution in [3.8, 4) is 5.75 Å². The molecule has 0 aliphatic rings. The number of ether oxygens (including phenoxy) is 1. The standard InChI is InChI=1S/C9H9Br2NO3/c1-15-9(14)7(12)6-4(10)2-3-5(11)8(6)13/h2-3,7,13H,12H2,1H3/t7-/m0/s1. The maximum Gasteiger partial charge on any atom is 0.327 e. The van der Waals surface area contributed by atoms with Crippen LogP contribution in [0.2, 0.25) is 0 Å². The zero-order valence-electron chi connectivity index (χ0n) is 7.83. The largest absolute Gasteiger partial charge is 0.506 e. The fourth-order valence-electron chi connectivity index (χ4n) is 1.10. The highest BCUT2D eigenvalue weighted by molar-refractivity contribution is 9.11. The highest BCUT2D eigenvalue weighted by atomic mass is 79.9. The van der Waals surface area contributed by atoms with Gasteiger partial charge in [0.25, 0.3) is 0 Å². The molecule has 1 aromatic rings. The highest BCUT2D eigenvalue weighted by Gasteiger charge is 2.23. The second-order valence-corrected chi connectivity index (χ2v) is 4.50. The molecule has 0 heterocycles. The molecule has 6 heteroatoms. The molecule has 82 valence electrons. The van der Waals surface area contributed by atoms with E-state index in [0.717, 1.165) is 0 Å². The van der Waals surface area contributed by atoms with E-state index in [1.165, 1.54) is 7.11 Å². The lowest BCUT2D eigenvalue weighted by Crippen LogP contribution is -2.23. The fourth-order valence-corrected chi connectivity index (χ4v) is 2.01. The molecule has 3 N–H and O–H groups in total. The van der Waals surface area contributed by atoms with E-state index >= 15 is 0 Å². The first kappa shape index (κ1) is 12.5. The van der Waals surface area contributed by atoms with Crippen molar-refractivity contribution in [3.63, 3.8) is 0 Å². The first-order valence-corrected chi connectivity index (χ1v) is 5.58. The van der Waals surface area contributed by atoms with Gasteiger partial charge in [-0.25, -0.2) is 0 Å². The number of methoxy groups -OCH3 is 1. The third-order valence-electron chi connectivity index (χ3n) is 1.88. The van der Waals surface area contributed by atoms with Crippen LogP contribution in [0.3, 0.4) is 0 Å². The summed E-state index contributed by atoms with van der Waals surface area (Å²) in [5.74, 6) is -0.675. The Hall–Kier alpha value is -0.590. The summed E-state index contributed by atoms with van der Waals surface area (Å²) < 4.78 is 5.53. The number of rotatable bonds is 2. The number of nitrogens with two attached hydrogens (primary N) is 1. The van der Waals surface area contributed by atoms with Crippen molar-refractivity contribution in [3.05, 3.63) is 26.6 Å². The SMILES string of the molecule is COC(=O)[C@@H](N)c1c(Br)ccc(Br)c1O. The monoisotopic (exact) mass is 337 g/mol. The van der Waals surface area contributed by atoms with Crippen LogP contribution in [0.15, 0.2) is 21.1 Å². The predicted molar refractivity (Wildman–Crippen MR) is 62.5 cm³/mol. The summed E-state index contributed by atoms with van der Waals surface area (Å²) in [5, 5.41) is 9.73. The van der Waals surface area contributed by atoms with Crippen molar-refractivity contribution in [1.29, 1.82) is 0 Å². The van der Waals surface area contributed by atoms with Gasteiger partial charge >= 0.3 is 5.97 Å². The molecule has 0 saturated heterocycles. The van der Waals surface area contributed by atoms with Crippen LogP contribution < -0.4 is 5.73 Å². The molecule has 0 aliphatic heterocycles. The molecule has 15 heavy (non-hydrogen) atoms. The maximum atomic E-state index is 11.2. The Labute approximate surface area is 104 Å². The van der Waals surface area contributed by atoms with Gasteiger partial charge in [-0.2, -0.15) is 0 Å². The number of benzene rings is 1. The Morgan fingerprint density at radius 1 is 1.47 bits per heavy atom. The molecule has 0 fully saturated rings. The van der Waals surface area contributed by atoms with Crippen LogP contribution in [0, 0.1) is 0 Å². The number of esters is 1. The van der Waals surface area contributed by atoms with Gasteiger partial charge in [-0.3, -0.25) is 4.79 Å². The van der Waals surface area contributed by atoms with Gasteiger partial charge in [0, 0.05) is 10.0 Å². The second kappa shape index (κ2) is 4.96. The summed E-state index contributed by atoms with van der Waals surface area (Å²) >= 11 is 6.35. The number of halogens is 2. The van der Waals surface area contributed by atoms with Gasteiger partial charge in [0.05, 0.1) is 11.6 Å². The molecule has 1 aromatic carbocycles. The minimum Gasteiger partial charge on any atom is -0.506 e. The smallest absolute Gasteiger partial charge is 0.327 e. The van der Waals surface area contributed by atoms with Crippen molar-refractivity contribution >= 4 is 37.8 Å². The number of aromatic hydroxyl groups is 1. The van der Waals surface area contributed by atoms with E-state index in [-0.39, 0.29) is 5.75 Å². The number of carbonyl (C=O) groups excluding carboxylic acids is 1. The second-order valence-electron chi connectivity index (χ2n) is 2.79. The summed E-state index contributed by atoms with van der Waals surface area (Å²) in [7, 11) is 1.24. The Kier molecular flexibility index (Phi) is 4.12. The summed E-state index contributed by atoms with van der Waals surface area (Å²) in [6.07, 6.45) is 0. The Morgan fingerprint density at radius 3 is 2.53 bits per heavy atom. The number of phenols is 1. The molecular formula is C9H9Br2NO3. The van der Waals surface area contributed by atoms with Gasteiger partial charge in [-0.15, -0.1) is 0 Å². The molecule has 1 rings (SSSR count). The van der Waals surface area contributed by atoms with E-state index in [2.05, 4.69) is 36.6 Å². The van der Waals surface area contributed by atoms with E-state index in [1.54, 1.807) is 12.1 Å². The number of carbonyl (C=O) groups is 1. The van der Waals surface area contributed by atoms with Crippen LogP contribution in [0.5, 0.6) is 5.75 Å². The van der Waals surface area contributed by atoms with Crippen LogP contribution in [0.1, 0.15) is 11.6 Å². The summed E-state index contributed by atoms with van der Waals surface area (Å²) in [6.45, 7) is 0. The Balaban J connectivity index is 3.24. The quantitative estimate of drug-likeness (QED) is 0.810. The van der Waals surface area contributed by atoms with E-state index < -0.39 is 12.0 Å². The third-order valence-corrected chi connectivity index (χ3v) is 3.21. The average molecular weight is 339 g/mol. The summed E-state index contributed by atoms with van der Waals surface area (Å²) in [4.78, 5) is 11.2. The van der Waals surface area contributed by atoms with Crippen LogP contribution in [-0.4, -0.2) is 18.2 Å². The Bertz CT molecular complexity index is 395. The zero-order chi connectivity index (χ0) is 11.6. The van der Waals surface area contributed by atoms with Gasteiger partial charge in [-0.1, -0.05) is 15.9 Å². The third kappa shape index (κ3) is 2.50. The van der Waals surface area contributed by atoms with E-state index in [4.69, 9.17) is 5.73 Å². The molecule has 0 aliphatic carbocycles. The normalized spacial score (nSPS) is 12.3. The van der Waals surface area contributed by atoms with Crippen molar-refractivity contribution in [1.82, 2.24) is 0 Å². The topological polar surface area (TPSA) is 72.5 Å². The first-order valence-electron chi connectivity index (χ1n) is 3.99. The molecule has 0 unspecified atom stereocenters. The lowest BCUT2D eigenvalue weighted by atomic mass is 10.1.